The summed E-state index contributed by atoms with van der Waals surface area (Å²) in [5.41, 5.74) is 7.48. The van der Waals surface area contributed by atoms with Gasteiger partial charge in [-0.15, -0.1) is 0 Å². The highest BCUT2D eigenvalue weighted by Crippen LogP contribution is 2.31. The molecule has 13 heteroatoms. The van der Waals surface area contributed by atoms with E-state index in [1.165, 1.54) is 29.7 Å². The highest BCUT2D eigenvalue weighted by Gasteiger charge is 2.46. The van der Waals surface area contributed by atoms with Crippen LogP contribution in [-0.4, -0.2) is 80.4 Å². The Morgan fingerprint density at radius 3 is 2.56 bits per heavy atom. The zero-order valence-electron chi connectivity index (χ0n) is 22.7. The van der Waals surface area contributed by atoms with Gasteiger partial charge in [0.05, 0.1) is 28.1 Å². The number of ether oxygens (including phenoxy) is 1. The van der Waals surface area contributed by atoms with Crippen LogP contribution in [0.2, 0.25) is 10.0 Å². The summed E-state index contributed by atoms with van der Waals surface area (Å²) in [5, 5.41) is 0.162. The van der Waals surface area contributed by atoms with Gasteiger partial charge in [0.2, 0.25) is 5.91 Å². The van der Waals surface area contributed by atoms with Gasteiger partial charge >= 0.3 is 5.97 Å². The van der Waals surface area contributed by atoms with Gasteiger partial charge in [-0.05, 0) is 55.9 Å². The average Bonchev–Trinajstić information content (AvgIpc) is 3.29. The lowest BCUT2D eigenvalue weighted by Crippen LogP contribution is -2.54. The molecule has 1 unspecified atom stereocenters. The summed E-state index contributed by atoms with van der Waals surface area (Å²) in [6.45, 7) is 0.765. The first kappa shape index (κ1) is 31.2. The number of carbonyl (C=O) groups is 3. The van der Waals surface area contributed by atoms with Crippen molar-refractivity contribution in [2.75, 3.05) is 20.2 Å². The predicted octanol–water partition coefficient (Wildman–Crippen LogP) is 2.76. The van der Waals surface area contributed by atoms with Crippen LogP contribution in [0.15, 0.2) is 53.4 Å². The van der Waals surface area contributed by atoms with Crippen molar-refractivity contribution in [1.82, 2.24) is 14.5 Å². The zero-order valence-corrected chi connectivity index (χ0v) is 25.0. The van der Waals surface area contributed by atoms with Crippen molar-refractivity contribution in [2.24, 2.45) is 5.73 Å². The molecule has 3 N–H and O–H groups in total. The van der Waals surface area contributed by atoms with Gasteiger partial charge in [-0.2, -0.15) is 0 Å². The summed E-state index contributed by atoms with van der Waals surface area (Å²) in [7, 11) is -3.14. The molecule has 0 saturated carbocycles. The molecular weight excluding hydrogens is 591 g/mol. The molecule has 41 heavy (non-hydrogen) atoms. The van der Waals surface area contributed by atoms with E-state index >= 15 is 0 Å². The van der Waals surface area contributed by atoms with Crippen molar-refractivity contribution in [3.05, 3.63) is 64.1 Å². The van der Waals surface area contributed by atoms with Crippen LogP contribution in [0.3, 0.4) is 0 Å². The van der Waals surface area contributed by atoms with Crippen molar-refractivity contribution in [1.29, 1.82) is 0 Å². The number of nitrogens with one attached hydrogen (secondary N) is 1. The lowest BCUT2D eigenvalue weighted by atomic mass is 10.0. The number of fused-ring (bicyclic) bond motifs is 1. The molecule has 222 valence electrons. The number of sulfonamides is 1. The summed E-state index contributed by atoms with van der Waals surface area (Å²) in [5.74, 6) is -1.82. The molecule has 2 aromatic rings. The normalized spacial score (nSPS) is 22.1. The van der Waals surface area contributed by atoms with E-state index in [1.54, 1.807) is 0 Å². The van der Waals surface area contributed by atoms with Crippen molar-refractivity contribution in [3.8, 4) is 0 Å². The van der Waals surface area contributed by atoms with Crippen molar-refractivity contribution in [2.45, 2.75) is 67.6 Å². The van der Waals surface area contributed by atoms with Gasteiger partial charge in [0, 0.05) is 31.6 Å². The summed E-state index contributed by atoms with van der Waals surface area (Å²) in [4.78, 5) is 42.8. The molecule has 4 atom stereocenters. The second-order valence-corrected chi connectivity index (χ2v) is 12.9. The Morgan fingerprint density at radius 1 is 1.15 bits per heavy atom. The van der Waals surface area contributed by atoms with E-state index in [9.17, 15) is 22.8 Å². The second-order valence-electron chi connectivity index (χ2n) is 10.4. The van der Waals surface area contributed by atoms with Gasteiger partial charge in [0.15, 0.2) is 0 Å². The van der Waals surface area contributed by atoms with E-state index in [0.717, 1.165) is 18.9 Å². The van der Waals surface area contributed by atoms with Crippen molar-refractivity contribution in [3.63, 3.8) is 0 Å². The van der Waals surface area contributed by atoms with Gasteiger partial charge < -0.3 is 15.4 Å². The summed E-state index contributed by atoms with van der Waals surface area (Å²) >= 11 is 11.9. The van der Waals surface area contributed by atoms with Crippen LogP contribution in [0.1, 0.15) is 37.7 Å². The number of esters is 1. The van der Waals surface area contributed by atoms with Gasteiger partial charge in [-0.1, -0.05) is 53.5 Å². The average molecular weight is 626 g/mol. The van der Waals surface area contributed by atoms with Crippen LogP contribution in [0.5, 0.6) is 0 Å². The van der Waals surface area contributed by atoms with Crippen LogP contribution < -0.4 is 10.5 Å². The smallest absolute Gasteiger partial charge is 0.305 e. The van der Waals surface area contributed by atoms with Gasteiger partial charge in [0.25, 0.3) is 15.9 Å². The Hall–Kier alpha value is -2.70. The fraction of sp³-hybridized carbons (Fsp3) is 0.464. The third-order valence-electron chi connectivity index (χ3n) is 7.69. The van der Waals surface area contributed by atoms with E-state index < -0.39 is 34.0 Å². The lowest BCUT2D eigenvalue weighted by molar-refractivity contribution is -0.145. The zero-order chi connectivity index (χ0) is 29.7. The molecule has 2 heterocycles. The minimum absolute atomic E-state index is 0.00568. The van der Waals surface area contributed by atoms with Gasteiger partial charge in [-0.3, -0.25) is 19.3 Å². The number of hydrogen-bond acceptors (Lipinski definition) is 8. The van der Waals surface area contributed by atoms with Crippen molar-refractivity contribution >= 4 is 51.0 Å². The van der Waals surface area contributed by atoms with Crippen LogP contribution in [0.4, 0.5) is 0 Å². The van der Waals surface area contributed by atoms with Gasteiger partial charge in [0.1, 0.15) is 6.04 Å². The highest BCUT2D eigenvalue weighted by atomic mass is 35.5. The molecule has 2 aliphatic rings. The summed E-state index contributed by atoms with van der Waals surface area (Å²) in [6, 6.07) is 11.8. The number of amides is 2. The monoisotopic (exact) mass is 624 g/mol. The molecule has 0 aromatic heterocycles. The number of nitrogens with zero attached hydrogens (tertiary/aromatic N) is 2. The third-order valence-corrected chi connectivity index (χ3v) is 9.77. The number of carbonyl (C=O) groups excluding carboxylic acids is 3. The quantitative estimate of drug-likeness (QED) is 0.385. The standard InChI is InChI=1S/C28H34Cl2N4O6S/c1-40-26(35)12-11-24(27(36)32-41(38,39)21-9-10-22(29)23(30)16-21)33-14-13-20(8-7-18-5-3-2-4-6-18)34-17-19(31)15-25(34)28(33)37/h2-6,9-10,16,19-20,24-25H,7-8,11-15,17,31H2,1H3,(H,32,36)/t19-,20?,24-,25+/m1/s1. The Labute approximate surface area is 250 Å². The minimum Gasteiger partial charge on any atom is -0.469 e. The predicted molar refractivity (Wildman–Crippen MR) is 155 cm³/mol. The van der Waals surface area contributed by atoms with E-state index in [1.807, 2.05) is 18.2 Å². The number of methoxy groups -OCH3 is 1. The molecule has 2 aliphatic heterocycles. The molecule has 2 saturated heterocycles. The van der Waals surface area contributed by atoms with Crippen molar-refractivity contribution < 1.29 is 27.5 Å². The molecule has 0 bridgehead atoms. The number of aryl methyl sites for hydroxylation is 1. The Bertz CT molecular complexity index is 1380. The maximum atomic E-state index is 13.9. The summed E-state index contributed by atoms with van der Waals surface area (Å²) in [6.07, 6.45) is 2.28. The Morgan fingerprint density at radius 2 is 1.88 bits per heavy atom. The Kier molecular flexibility index (Phi) is 10.3. The largest absolute Gasteiger partial charge is 0.469 e. The topological polar surface area (TPSA) is 139 Å². The first-order valence-corrected chi connectivity index (χ1v) is 15.7. The molecular formula is C28H34Cl2N4O6S. The van der Waals surface area contributed by atoms with Gasteiger partial charge in [-0.25, -0.2) is 13.1 Å². The molecule has 2 aromatic carbocycles. The SMILES string of the molecule is COC(=O)CC[C@H](C(=O)NS(=O)(=O)c1ccc(Cl)c(Cl)c1)N1CCC(CCc2ccccc2)N2C[C@H](N)C[C@H]2C1=O. The molecule has 2 amide bonds. The molecule has 0 aliphatic carbocycles. The first-order valence-electron chi connectivity index (χ1n) is 13.4. The number of nitrogens with two attached hydrogens (primary N) is 1. The molecule has 0 radical (unpaired) electrons. The lowest BCUT2D eigenvalue weighted by Gasteiger charge is -2.32. The highest BCUT2D eigenvalue weighted by molar-refractivity contribution is 7.90. The van der Waals surface area contributed by atoms with Crippen LogP contribution in [0, 0.1) is 0 Å². The number of hydrogen-bond donors (Lipinski definition) is 2. The number of benzene rings is 2. The fourth-order valence-electron chi connectivity index (χ4n) is 5.58. The fourth-order valence-corrected chi connectivity index (χ4v) is 6.98. The first-order chi connectivity index (χ1) is 19.5. The van der Waals surface area contributed by atoms with Crippen LogP contribution in [0.25, 0.3) is 0 Å². The summed E-state index contributed by atoms with van der Waals surface area (Å²) < 4.78 is 33.0. The molecule has 10 nitrogen and oxygen atoms in total. The maximum Gasteiger partial charge on any atom is 0.305 e. The van der Waals surface area contributed by atoms with Crippen LogP contribution in [-0.2, 0) is 35.6 Å². The van der Waals surface area contributed by atoms with Crippen LogP contribution >= 0.6 is 23.2 Å². The maximum absolute atomic E-state index is 13.9. The second kappa shape index (κ2) is 13.5. The molecule has 4 rings (SSSR count). The van der Waals surface area contributed by atoms with E-state index in [0.29, 0.717) is 19.4 Å². The van der Waals surface area contributed by atoms with E-state index in [-0.39, 0.29) is 52.3 Å². The van der Waals surface area contributed by atoms with E-state index in [4.69, 9.17) is 33.7 Å². The number of rotatable bonds is 10. The van der Waals surface area contributed by atoms with E-state index in [2.05, 4.69) is 21.8 Å². The Balaban J connectivity index is 1.58. The minimum atomic E-state index is -4.36. The third kappa shape index (κ3) is 7.58. The number of halogens is 2. The molecule has 2 fully saturated rings. The molecule has 0 spiro atoms.